The lowest BCUT2D eigenvalue weighted by atomic mass is 9.78. The number of benzene rings is 2. The summed E-state index contributed by atoms with van der Waals surface area (Å²) in [6.45, 7) is 4.20. The van der Waals surface area contributed by atoms with E-state index in [4.69, 9.17) is 23.2 Å². The molecule has 0 saturated heterocycles. The molecule has 1 N–H and O–H groups in total. The van der Waals surface area contributed by atoms with Crippen LogP contribution in [0.4, 0.5) is 0 Å². The Morgan fingerprint density at radius 1 is 0.889 bits per heavy atom. The quantitative estimate of drug-likeness (QED) is 0.819. The van der Waals surface area contributed by atoms with Gasteiger partial charge in [0.05, 0.1) is 10.0 Å². The normalized spacial score (nSPS) is 11.6. The molecule has 0 saturated carbocycles. The zero-order chi connectivity index (χ0) is 13.3. The van der Waals surface area contributed by atoms with Crippen LogP contribution in [-0.2, 0) is 5.41 Å². The summed E-state index contributed by atoms with van der Waals surface area (Å²) in [5.41, 5.74) is 1.92. The highest BCUT2D eigenvalue weighted by molar-refractivity contribution is 6.37. The number of rotatable bonds is 2. The molecule has 3 heteroatoms. The number of phenolic OH excluding ortho intramolecular Hbond substituents is 1. The van der Waals surface area contributed by atoms with Crippen LogP contribution in [0, 0.1) is 0 Å². The molecule has 2 aromatic carbocycles. The van der Waals surface area contributed by atoms with Crippen LogP contribution in [0.25, 0.3) is 0 Å². The highest BCUT2D eigenvalue weighted by atomic mass is 35.5. The molecular weight excluding hydrogens is 267 g/mol. The molecule has 1 nitrogen and oxygen atoms in total. The van der Waals surface area contributed by atoms with Gasteiger partial charge in [0.1, 0.15) is 0 Å². The summed E-state index contributed by atoms with van der Waals surface area (Å²) in [5, 5.41) is 10.2. The van der Waals surface area contributed by atoms with Crippen LogP contribution in [0.15, 0.2) is 42.5 Å². The van der Waals surface area contributed by atoms with Crippen LogP contribution < -0.4 is 0 Å². The van der Waals surface area contributed by atoms with E-state index in [2.05, 4.69) is 26.0 Å². The van der Waals surface area contributed by atoms with E-state index in [1.807, 2.05) is 18.2 Å². The van der Waals surface area contributed by atoms with E-state index >= 15 is 0 Å². The molecule has 18 heavy (non-hydrogen) atoms. The van der Waals surface area contributed by atoms with Gasteiger partial charge in [-0.2, -0.15) is 0 Å². The molecule has 0 atom stereocenters. The highest BCUT2D eigenvalue weighted by Crippen LogP contribution is 2.39. The van der Waals surface area contributed by atoms with Crippen molar-refractivity contribution >= 4 is 23.2 Å². The van der Waals surface area contributed by atoms with Gasteiger partial charge in [-0.05, 0) is 23.3 Å². The van der Waals surface area contributed by atoms with Crippen molar-refractivity contribution in [2.75, 3.05) is 0 Å². The largest absolute Gasteiger partial charge is 0.505 e. The van der Waals surface area contributed by atoms with Crippen LogP contribution in [0.1, 0.15) is 25.0 Å². The third kappa shape index (κ3) is 2.33. The summed E-state index contributed by atoms with van der Waals surface area (Å²) in [6.07, 6.45) is 0. The summed E-state index contributed by atoms with van der Waals surface area (Å²) in [7, 11) is 0. The second kappa shape index (κ2) is 4.83. The van der Waals surface area contributed by atoms with Crippen LogP contribution in [0.2, 0.25) is 10.0 Å². The Morgan fingerprint density at radius 3 is 1.89 bits per heavy atom. The van der Waals surface area contributed by atoms with E-state index in [1.165, 1.54) is 5.56 Å². The zero-order valence-electron chi connectivity index (χ0n) is 10.2. The summed E-state index contributed by atoms with van der Waals surface area (Å²) in [6, 6.07) is 13.6. The molecule has 0 unspecified atom stereocenters. The summed E-state index contributed by atoms with van der Waals surface area (Å²) < 4.78 is 0. The molecule has 0 aliphatic heterocycles. The monoisotopic (exact) mass is 280 g/mol. The van der Waals surface area contributed by atoms with E-state index in [0.717, 1.165) is 5.56 Å². The van der Waals surface area contributed by atoms with Gasteiger partial charge in [-0.1, -0.05) is 67.4 Å². The molecule has 0 radical (unpaired) electrons. The van der Waals surface area contributed by atoms with E-state index < -0.39 is 0 Å². The summed E-state index contributed by atoms with van der Waals surface area (Å²) in [4.78, 5) is 0. The first-order valence-electron chi connectivity index (χ1n) is 5.67. The standard InChI is InChI=1S/C15H14Cl2O/c1-15(2,10-6-4-3-5-7-10)11-8-12(16)14(18)13(17)9-11/h3-9,18H,1-2H3. The van der Waals surface area contributed by atoms with Gasteiger partial charge < -0.3 is 5.11 Å². The lowest BCUT2D eigenvalue weighted by Gasteiger charge is -2.26. The SMILES string of the molecule is CC(C)(c1ccccc1)c1cc(Cl)c(O)c(Cl)c1. The minimum atomic E-state index is -0.220. The van der Waals surface area contributed by atoms with Gasteiger partial charge >= 0.3 is 0 Å². The lowest BCUT2D eigenvalue weighted by molar-refractivity contribution is 0.475. The molecule has 0 aromatic heterocycles. The molecule has 0 amide bonds. The molecule has 0 heterocycles. The maximum atomic E-state index is 9.60. The fourth-order valence-corrected chi connectivity index (χ4v) is 2.43. The number of phenols is 1. The Kier molecular flexibility index (Phi) is 3.56. The van der Waals surface area contributed by atoms with Crippen molar-refractivity contribution < 1.29 is 5.11 Å². The molecule has 0 aliphatic rings. The zero-order valence-corrected chi connectivity index (χ0v) is 11.8. The fourth-order valence-electron chi connectivity index (χ4n) is 1.95. The van der Waals surface area contributed by atoms with Crippen molar-refractivity contribution in [2.45, 2.75) is 19.3 Å². The molecule has 2 aromatic rings. The van der Waals surface area contributed by atoms with E-state index in [-0.39, 0.29) is 21.2 Å². The lowest BCUT2D eigenvalue weighted by Crippen LogP contribution is -2.18. The van der Waals surface area contributed by atoms with Crippen molar-refractivity contribution in [3.05, 3.63) is 63.6 Å². The second-order valence-electron chi connectivity index (χ2n) is 4.78. The Morgan fingerprint density at radius 2 is 1.39 bits per heavy atom. The van der Waals surface area contributed by atoms with Gasteiger partial charge in [-0.15, -0.1) is 0 Å². The Bertz CT molecular complexity index is 539. The first-order chi connectivity index (χ1) is 8.43. The average Bonchev–Trinajstić information content (AvgIpc) is 2.36. The van der Waals surface area contributed by atoms with Crippen molar-refractivity contribution in [2.24, 2.45) is 0 Å². The van der Waals surface area contributed by atoms with Gasteiger partial charge in [0.2, 0.25) is 0 Å². The van der Waals surface area contributed by atoms with Crippen molar-refractivity contribution in [1.29, 1.82) is 0 Å². The maximum Gasteiger partial charge on any atom is 0.152 e. The van der Waals surface area contributed by atoms with Gasteiger partial charge in [0.15, 0.2) is 5.75 Å². The Hall–Kier alpha value is -1.18. The van der Waals surface area contributed by atoms with Crippen molar-refractivity contribution in [3.8, 4) is 5.75 Å². The van der Waals surface area contributed by atoms with Crippen molar-refractivity contribution in [1.82, 2.24) is 0 Å². The van der Waals surface area contributed by atoms with E-state index in [1.54, 1.807) is 12.1 Å². The molecular formula is C15H14Cl2O. The molecule has 0 spiro atoms. The van der Waals surface area contributed by atoms with Crippen LogP contribution >= 0.6 is 23.2 Å². The number of halogens is 2. The maximum absolute atomic E-state index is 9.60. The Labute approximate surface area is 117 Å². The average molecular weight is 281 g/mol. The van der Waals surface area contributed by atoms with Crippen LogP contribution in [0.3, 0.4) is 0 Å². The second-order valence-corrected chi connectivity index (χ2v) is 5.59. The first kappa shape index (κ1) is 13.3. The predicted octanol–water partition coefficient (Wildman–Crippen LogP) is 5.02. The number of hydrogen-bond acceptors (Lipinski definition) is 1. The van der Waals surface area contributed by atoms with Crippen LogP contribution in [0.5, 0.6) is 5.75 Å². The van der Waals surface area contributed by atoms with E-state index in [9.17, 15) is 5.11 Å². The fraction of sp³-hybridized carbons (Fsp3) is 0.200. The molecule has 0 bridgehead atoms. The predicted molar refractivity (Wildman–Crippen MR) is 76.7 cm³/mol. The van der Waals surface area contributed by atoms with Crippen LogP contribution in [-0.4, -0.2) is 5.11 Å². The third-order valence-electron chi connectivity index (χ3n) is 3.23. The molecule has 0 aliphatic carbocycles. The minimum absolute atomic E-state index is 0.0639. The smallest absolute Gasteiger partial charge is 0.152 e. The Balaban J connectivity index is 2.54. The third-order valence-corrected chi connectivity index (χ3v) is 3.81. The topological polar surface area (TPSA) is 20.2 Å². The molecule has 0 fully saturated rings. The van der Waals surface area contributed by atoms with Gasteiger partial charge in [0.25, 0.3) is 0 Å². The highest BCUT2D eigenvalue weighted by Gasteiger charge is 2.24. The molecule has 2 rings (SSSR count). The number of aromatic hydroxyl groups is 1. The van der Waals surface area contributed by atoms with Gasteiger partial charge in [-0.3, -0.25) is 0 Å². The molecule has 94 valence electrons. The van der Waals surface area contributed by atoms with Gasteiger partial charge in [0, 0.05) is 5.41 Å². The minimum Gasteiger partial charge on any atom is -0.505 e. The number of hydrogen-bond donors (Lipinski definition) is 1. The van der Waals surface area contributed by atoms with E-state index in [0.29, 0.717) is 0 Å². The summed E-state index contributed by atoms with van der Waals surface area (Å²) in [5.74, 6) is -0.0639. The first-order valence-corrected chi connectivity index (χ1v) is 6.42. The summed E-state index contributed by atoms with van der Waals surface area (Å²) >= 11 is 12.0. The van der Waals surface area contributed by atoms with Crippen molar-refractivity contribution in [3.63, 3.8) is 0 Å². The van der Waals surface area contributed by atoms with Gasteiger partial charge in [-0.25, -0.2) is 0 Å².